The maximum absolute atomic E-state index is 13.0. The van der Waals surface area contributed by atoms with E-state index < -0.39 is 0 Å². The molecule has 2 heterocycles. The quantitative estimate of drug-likeness (QED) is 0.800. The van der Waals surface area contributed by atoms with Crippen molar-refractivity contribution in [2.75, 3.05) is 13.1 Å². The molecule has 0 radical (unpaired) electrons. The fraction of sp³-hybridized carbons (Fsp3) is 0.556. The predicted octanol–water partition coefficient (Wildman–Crippen LogP) is 3.09. The van der Waals surface area contributed by atoms with Crippen molar-refractivity contribution < 1.29 is 9.59 Å². The van der Waals surface area contributed by atoms with Crippen LogP contribution in [0.2, 0.25) is 0 Å². The van der Waals surface area contributed by atoms with Crippen molar-refractivity contribution >= 4 is 12.1 Å². The summed E-state index contributed by atoms with van der Waals surface area (Å²) in [7, 11) is 0. The summed E-state index contributed by atoms with van der Waals surface area (Å²) in [6.45, 7) is 10.1. The molecular formula is C18H25N3O2. The Morgan fingerprint density at radius 1 is 1.17 bits per heavy atom. The average molecular weight is 315 g/mol. The Kier molecular flexibility index (Phi) is 3.62. The second-order valence-electron chi connectivity index (χ2n) is 7.78. The molecule has 1 saturated heterocycles. The molecule has 1 fully saturated rings. The second-order valence-corrected chi connectivity index (χ2v) is 7.78. The average Bonchev–Trinajstić information content (AvgIpc) is 2.86. The van der Waals surface area contributed by atoms with Crippen LogP contribution in [0.5, 0.6) is 0 Å². The Bertz CT molecular complexity index is 651. The Balaban J connectivity index is 2.01. The van der Waals surface area contributed by atoms with Crippen LogP contribution < -0.4 is 5.32 Å². The van der Waals surface area contributed by atoms with Crippen LogP contribution in [0, 0.1) is 0 Å². The lowest BCUT2D eigenvalue weighted by molar-refractivity contribution is 0.0961. The smallest absolute Gasteiger partial charge is 0.328 e. The van der Waals surface area contributed by atoms with E-state index in [0.29, 0.717) is 19.6 Å². The lowest BCUT2D eigenvalue weighted by Crippen LogP contribution is -2.54. The van der Waals surface area contributed by atoms with E-state index >= 15 is 0 Å². The fourth-order valence-electron chi connectivity index (χ4n) is 4.10. The fourth-order valence-corrected chi connectivity index (χ4v) is 4.10. The van der Waals surface area contributed by atoms with E-state index in [2.05, 4.69) is 51.2 Å². The largest absolute Gasteiger partial charge is 0.336 e. The molecule has 4 amide bonds. The number of nitrogens with zero attached hydrogens (tertiary/aromatic N) is 2. The summed E-state index contributed by atoms with van der Waals surface area (Å²) in [5, 5.41) is 2.71. The van der Waals surface area contributed by atoms with Crippen molar-refractivity contribution in [3.63, 3.8) is 0 Å². The summed E-state index contributed by atoms with van der Waals surface area (Å²) < 4.78 is 0. The highest BCUT2D eigenvalue weighted by Gasteiger charge is 2.43. The molecule has 2 aliphatic heterocycles. The molecule has 1 N–H and O–H groups in total. The number of nitrogens with one attached hydrogen (secondary N) is 1. The SMILES string of the molecule is CC1(C)CC(C)(C)N(C(=O)N2CCNC2=O)Cc2ccccc21. The zero-order chi connectivity index (χ0) is 16.8. The first kappa shape index (κ1) is 15.8. The van der Waals surface area contributed by atoms with Gasteiger partial charge in [-0.05, 0) is 36.8 Å². The summed E-state index contributed by atoms with van der Waals surface area (Å²) in [5.74, 6) is 0. The van der Waals surface area contributed by atoms with Crippen LogP contribution in [0.3, 0.4) is 0 Å². The van der Waals surface area contributed by atoms with Gasteiger partial charge >= 0.3 is 12.1 Å². The molecule has 1 aromatic carbocycles. The van der Waals surface area contributed by atoms with Crippen LogP contribution >= 0.6 is 0 Å². The number of carbonyl (C=O) groups is 2. The van der Waals surface area contributed by atoms with E-state index in [1.54, 1.807) is 0 Å². The van der Waals surface area contributed by atoms with Gasteiger partial charge in [0.15, 0.2) is 0 Å². The van der Waals surface area contributed by atoms with Gasteiger partial charge in [0.25, 0.3) is 0 Å². The van der Waals surface area contributed by atoms with E-state index in [0.717, 1.165) is 12.0 Å². The number of urea groups is 2. The highest BCUT2D eigenvalue weighted by atomic mass is 16.2. The van der Waals surface area contributed by atoms with E-state index in [-0.39, 0.29) is 23.0 Å². The van der Waals surface area contributed by atoms with Gasteiger partial charge in [0.05, 0.1) is 0 Å². The maximum Gasteiger partial charge on any atom is 0.328 e. The van der Waals surface area contributed by atoms with Crippen molar-refractivity contribution in [3.8, 4) is 0 Å². The third kappa shape index (κ3) is 2.69. The molecule has 0 spiro atoms. The van der Waals surface area contributed by atoms with Crippen molar-refractivity contribution in [2.45, 2.75) is 51.6 Å². The number of hydrogen-bond acceptors (Lipinski definition) is 2. The third-order valence-corrected chi connectivity index (χ3v) is 5.00. The normalized spacial score (nSPS) is 22.3. The molecule has 0 saturated carbocycles. The summed E-state index contributed by atoms with van der Waals surface area (Å²) in [6.07, 6.45) is 0.845. The molecule has 124 valence electrons. The minimum atomic E-state index is -0.331. The number of rotatable bonds is 0. The van der Waals surface area contributed by atoms with Crippen LogP contribution in [0.1, 0.15) is 45.2 Å². The van der Waals surface area contributed by atoms with Crippen molar-refractivity contribution in [1.29, 1.82) is 0 Å². The number of fused-ring (bicyclic) bond motifs is 1. The minimum Gasteiger partial charge on any atom is -0.336 e. The molecule has 0 aromatic heterocycles. The molecule has 2 aliphatic rings. The molecular weight excluding hydrogens is 290 g/mol. The number of amides is 4. The van der Waals surface area contributed by atoms with Crippen molar-refractivity contribution in [1.82, 2.24) is 15.1 Å². The monoisotopic (exact) mass is 315 g/mol. The first-order chi connectivity index (χ1) is 10.7. The van der Waals surface area contributed by atoms with Gasteiger partial charge in [-0.3, -0.25) is 0 Å². The van der Waals surface area contributed by atoms with Crippen molar-refractivity contribution in [2.24, 2.45) is 0 Å². The Hall–Kier alpha value is -2.04. The van der Waals surface area contributed by atoms with Gasteiger partial charge in [-0.2, -0.15) is 0 Å². The zero-order valence-corrected chi connectivity index (χ0v) is 14.3. The summed E-state index contributed by atoms with van der Waals surface area (Å²) in [5.41, 5.74) is 2.09. The summed E-state index contributed by atoms with van der Waals surface area (Å²) in [6, 6.07) is 7.82. The summed E-state index contributed by atoms with van der Waals surface area (Å²) in [4.78, 5) is 28.1. The number of imide groups is 1. The molecule has 0 atom stereocenters. The lowest BCUT2D eigenvalue weighted by Gasteiger charge is -2.41. The highest BCUT2D eigenvalue weighted by molar-refractivity contribution is 5.95. The molecule has 0 bridgehead atoms. The predicted molar refractivity (Wildman–Crippen MR) is 89.2 cm³/mol. The lowest BCUT2D eigenvalue weighted by atomic mass is 9.75. The van der Waals surface area contributed by atoms with E-state index in [1.807, 2.05) is 11.0 Å². The molecule has 0 unspecified atom stereocenters. The summed E-state index contributed by atoms with van der Waals surface area (Å²) >= 11 is 0. The highest BCUT2D eigenvalue weighted by Crippen LogP contribution is 2.41. The van der Waals surface area contributed by atoms with Crippen LogP contribution in [-0.2, 0) is 12.0 Å². The number of hydrogen-bond donors (Lipinski definition) is 1. The molecule has 23 heavy (non-hydrogen) atoms. The van der Waals surface area contributed by atoms with Gasteiger partial charge in [0, 0.05) is 25.2 Å². The van der Waals surface area contributed by atoms with Crippen LogP contribution in [-0.4, -0.2) is 40.5 Å². The van der Waals surface area contributed by atoms with E-state index in [4.69, 9.17) is 0 Å². The molecule has 3 rings (SSSR count). The van der Waals surface area contributed by atoms with Crippen LogP contribution in [0.15, 0.2) is 24.3 Å². The molecule has 5 heteroatoms. The van der Waals surface area contributed by atoms with Gasteiger partial charge in [0.2, 0.25) is 0 Å². The third-order valence-electron chi connectivity index (χ3n) is 5.00. The standard InChI is InChI=1S/C18H25N3O2/c1-17(2)12-18(3,4)21(11-13-7-5-6-8-14(13)17)16(23)20-10-9-19-15(20)22/h5-8H,9-12H2,1-4H3,(H,19,22). The van der Waals surface area contributed by atoms with Gasteiger partial charge < -0.3 is 10.2 Å². The maximum atomic E-state index is 13.0. The number of carbonyl (C=O) groups excluding carboxylic acids is 2. The topological polar surface area (TPSA) is 52.7 Å². The van der Waals surface area contributed by atoms with Crippen molar-refractivity contribution in [3.05, 3.63) is 35.4 Å². The molecule has 5 nitrogen and oxygen atoms in total. The van der Waals surface area contributed by atoms with Gasteiger partial charge in [-0.15, -0.1) is 0 Å². The Morgan fingerprint density at radius 2 is 1.87 bits per heavy atom. The zero-order valence-electron chi connectivity index (χ0n) is 14.3. The molecule has 0 aliphatic carbocycles. The first-order valence-corrected chi connectivity index (χ1v) is 8.18. The number of benzene rings is 1. The van der Waals surface area contributed by atoms with Crippen LogP contribution in [0.25, 0.3) is 0 Å². The first-order valence-electron chi connectivity index (χ1n) is 8.18. The van der Waals surface area contributed by atoms with Gasteiger partial charge in [-0.1, -0.05) is 38.1 Å². The second kappa shape index (κ2) is 5.25. The van der Waals surface area contributed by atoms with E-state index in [9.17, 15) is 9.59 Å². The molecule has 1 aromatic rings. The van der Waals surface area contributed by atoms with Gasteiger partial charge in [0.1, 0.15) is 0 Å². The Morgan fingerprint density at radius 3 is 2.52 bits per heavy atom. The van der Waals surface area contributed by atoms with Gasteiger partial charge in [-0.25, -0.2) is 14.5 Å². The Labute approximate surface area is 137 Å². The minimum absolute atomic E-state index is 0.0254. The van der Waals surface area contributed by atoms with Crippen LogP contribution in [0.4, 0.5) is 9.59 Å². The van der Waals surface area contributed by atoms with E-state index in [1.165, 1.54) is 10.5 Å².